The number of hydrogen-bond donors (Lipinski definition) is 3. The number of anilines is 2. The summed E-state index contributed by atoms with van der Waals surface area (Å²) in [5.41, 5.74) is 1.67. The summed E-state index contributed by atoms with van der Waals surface area (Å²) in [4.78, 5) is 42.8. The highest BCUT2D eigenvalue weighted by Crippen LogP contribution is 2.38. The molecule has 4 rings (SSSR count). The number of furan rings is 1. The van der Waals surface area contributed by atoms with Crippen molar-refractivity contribution in [2.75, 3.05) is 24.5 Å². The highest BCUT2D eigenvalue weighted by Gasteiger charge is 2.22. The topological polar surface area (TPSA) is 165 Å². The summed E-state index contributed by atoms with van der Waals surface area (Å²) in [6.07, 6.45) is -0.640. The number of hydrogen-bond acceptors (Lipinski definition) is 9. The third kappa shape index (κ3) is 9.57. The minimum atomic E-state index is -0.672. The molecule has 0 aliphatic rings. The molecule has 250 valence electrons. The largest absolute Gasteiger partial charge is 0.467 e. The van der Waals surface area contributed by atoms with Crippen LogP contribution >= 0.6 is 11.6 Å². The minimum absolute atomic E-state index is 0.0183. The highest BCUT2D eigenvalue weighted by molar-refractivity contribution is 6.30. The molecule has 48 heavy (non-hydrogen) atoms. The molecule has 0 bridgehead atoms. The average molecular weight is 674 g/mol. The van der Waals surface area contributed by atoms with E-state index in [-0.39, 0.29) is 36.3 Å². The van der Waals surface area contributed by atoms with E-state index in [2.05, 4.69) is 27.0 Å². The van der Waals surface area contributed by atoms with Crippen molar-refractivity contribution in [2.24, 2.45) is 0 Å². The predicted octanol–water partition coefficient (Wildman–Crippen LogP) is 7.32. The molecule has 2 heterocycles. The zero-order valence-electron chi connectivity index (χ0n) is 27.4. The normalized spacial score (nSPS) is 11.6. The second kappa shape index (κ2) is 15.5. The Labute approximate surface area is 283 Å². The van der Waals surface area contributed by atoms with Crippen LogP contribution in [0.4, 0.5) is 16.3 Å². The van der Waals surface area contributed by atoms with E-state index < -0.39 is 23.6 Å². The summed E-state index contributed by atoms with van der Waals surface area (Å²) in [6, 6.07) is 18.3. The lowest BCUT2D eigenvalue weighted by molar-refractivity contribution is -0.116. The van der Waals surface area contributed by atoms with Crippen molar-refractivity contribution in [2.45, 2.75) is 52.7 Å². The standard InChI is InChI=1S/C35H36ClN5O7/c1-20(38-34(44)48-35(3,4)5)14-31(42)39-24-9-7-8-22(15-24)26-17-28(25-12-11-23(36)16-30(25)46-19-45-6)40-32(27(26)18-37)41-33(43)29-13-10-21(2)47-29/h7-13,15-17,20H,14,19H2,1-6H3,(H,38,44)(H,39,42)(H,40,41,43). The first-order valence-electron chi connectivity index (χ1n) is 14.9. The Morgan fingerprint density at radius 1 is 1.04 bits per heavy atom. The molecule has 13 heteroatoms. The Balaban J connectivity index is 1.71. The maximum atomic E-state index is 13.1. The molecule has 1 unspecified atom stereocenters. The van der Waals surface area contributed by atoms with Crippen LogP contribution in [0.1, 0.15) is 56.0 Å². The van der Waals surface area contributed by atoms with Gasteiger partial charge in [0.1, 0.15) is 28.7 Å². The van der Waals surface area contributed by atoms with Crippen LogP contribution in [0.15, 0.2) is 65.1 Å². The first-order valence-corrected chi connectivity index (χ1v) is 15.3. The number of amides is 3. The molecule has 2 aromatic carbocycles. The lowest BCUT2D eigenvalue weighted by atomic mass is 9.97. The first kappa shape index (κ1) is 35.5. The number of carbonyl (C=O) groups is 3. The van der Waals surface area contributed by atoms with Gasteiger partial charge in [-0.3, -0.25) is 9.59 Å². The molecule has 3 N–H and O–H groups in total. The van der Waals surface area contributed by atoms with E-state index in [0.29, 0.717) is 44.6 Å². The number of pyridine rings is 1. The van der Waals surface area contributed by atoms with Crippen LogP contribution in [-0.4, -0.2) is 48.4 Å². The molecular formula is C35H36ClN5O7. The number of benzene rings is 2. The SMILES string of the molecule is COCOc1cc(Cl)ccc1-c1cc(-c2cccc(NC(=O)CC(C)NC(=O)OC(C)(C)C)c2)c(C#N)c(NC(=O)c2ccc(C)o2)n1. The van der Waals surface area contributed by atoms with Crippen LogP contribution < -0.4 is 20.7 Å². The third-order valence-corrected chi connectivity index (χ3v) is 6.83. The molecule has 0 fully saturated rings. The summed E-state index contributed by atoms with van der Waals surface area (Å²) in [5, 5.41) is 18.9. The number of ether oxygens (including phenoxy) is 3. The second-order valence-electron chi connectivity index (χ2n) is 11.8. The van der Waals surface area contributed by atoms with Gasteiger partial charge in [-0.15, -0.1) is 0 Å². The zero-order valence-corrected chi connectivity index (χ0v) is 28.2. The Morgan fingerprint density at radius 2 is 1.81 bits per heavy atom. The molecule has 12 nitrogen and oxygen atoms in total. The molecular weight excluding hydrogens is 638 g/mol. The van der Waals surface area contributed by atoms with Crippen molar-refractivity contribution < 1.29 is 33.0 Å². The summed E-state index contributed by atoms with van der Waals surface area (Å²) in [5.74, 6) is -0.0275. The van der Waals surface area contributed by atoms with Crippen molar-refractivity contribution in [3.63, 3.8) is 0 Å². The number of halogens is 1. The number of nitrogens with zero attached hydrogens (tertiary/aromatic N) is 2. The summed E-state index contributed by atoms with van der Waals surface area (Å²) in [7, 11) is 1.48. The van der Waals surface area contributed by atoms with Crippen LogP contribution in [0.2, 0.25) is 5.02 Å². The van der Waals surface area contributed by atoms with Gasteiger partial charge in [-0.05, 0) is 88.7 Å². The summed E-state index contributed by atoms with van der Waals surface area (Å²) < 4.78 is 21.6. The van der Waals surface area contributed by atoms with E-state index in [1.807, 2.05) is 0 Å². The first-order chi connectivity index (χ1) is 22.8. The molecule has 0 radical (unpaired) electrons. The van der Waals surface area contributed by atoms with E-state index in [0.717, 1.165) is 0 Å². The number of aromatic nitrogens is 1. The highest BCUT2D eigenvalue weighted by atomic mass is 35.5. The van der Waals surface area contributed by atoms with Crippen molar-refractivity contribution >= 4 is 41.0 Å². The van der Waals surface area contributed by atoms with E-state index >= 15 is 0 Å². The Morgan fingerprint density at radius 3 is 2.48 bits per heavy atom. The molecule has 0 saturated carbocycles. The molecule has 1 atom stereocenters. The fraction of sp³-hybridized carbons (Fsp3) is 0.286. The van der Waals surface area contributed by atoms with Gasteiger partial charge in [0.05, 0.1) is 5.69 Å². The van der Waals surface area contributed by atoms with Crippen LogP contribution in [0.25, 0.3) is 22.4 Å². The fourth-order valence-electron chi connectivity index (χ4n) is 4.60. The van der Waals surface area contributed by atoms with E-state index in [4.69, 9.17) is 30.2 Å². The third-order valence-electron chi connectivity index (χ3n) is 6.59. The Bertz CT molecular complexity index is 1860. The quantitative estimate of drug-likeness (QED) is 0.138. The Hall–Kier alpha value is -5.38. The fourth-order valence-corrected chi connectivity index (χ4v) is 4.77. The molecule has 3 amide bonds. The zero-order chi connectivity index (χ0) is 35.0. The molecule has 0 aliphatic carbocycles. The van der Waals surface area contributed by atoms with Crippen molar-refractivity contribution in [3.05, 3.63) is 82.8 Å². The maximum Gasteiger partial charge on any atom is 0.407 e. The smallest absolute Gasteiger partial charge is 0.407 e. The van der Waals surface area contributed by atoms with Crippen LogP contribution in [0.3, 0.4) is 0 Å². The lowest BCUT2D eigenvalue weighted by Crippen LogP contribution is -2.39. The summed E-state index contributed by atoms with van der Waals surface area (Å²) >= 11 is 6.26. The number of carbonyl (C=O) groups excluding carboxylic acids is 3. The minimum Gasteiger partial charge on any atom is -0.467 e. The van der Waals surface area contributed by atoms with Gasteiger partial charge < -0.3 is 34.6 Å². The molecule has 4 aromatic rings. The van der Waals surface area contributed by atoms with Crippen LogP contribution in [0, 0.1) is 18.3 Å². The van der Waals surface area contributed by atoms with Gasteiger partial charge in [0.15, 0.2) is 18.4 Å². The number of nitriles is 1. The van der Waals surface area contributed by atoms with E-state index in [9.17, 15) is 19.6 Å². The van der Waals surface area contributed by atoms with Crippen molar-refractivity contribution in [1.82, 2.24) is 10.3 Å². The number of rotatable bonds is 11. The number of alkyl carbamates (subject to hydrolysis) is 1. The van der Waals surface area contributed by atoms with Gasteiger partial charge in [0.2, 0.25) is 5.91 Å². The van der Waals surface area contributed by atoms with Gasteiger partial charge in [-0.1, -0.05) is 23.7 Å². The van der Waals surface area contributed by atoms with E-state index in [1.165, 1.54) is 13.2 Å². The van der Waals surface area contributed by atoms with Crippen molar-refractivity contribution in [3.8, 4) is 34.2 Å². The monoisotopic (exact) mass is 673 g/mol. The second-order valence-corrected chi connectivity index (χ2v) is 12.3. The van der Waals surface area contributed by atoms with Crippen LogP contribution in [-0.2, 0) is 14.3 Å². The maximum absolute atomic E-state index is 13.1. The molecule has 0 spiro atoms. The molecule has 0 saturated heterocycles. The average Bonchev–Trinajstić information content (AvgIpc) is 3.45. The Kier molecular flexibility index (Phi) is 11.4. The molecule has 0 aliphatic heterocycles. The summed E-state index contributed by atoms with van der Waals surface area (Å²) in [6.45, 7) is 8.59. The van der Waals surface area contributed by atoms with Gasteiger partial charge >= 0.3 is 6.09 Å². The number of nitrogens with one attached hydrogen (secondary N) is 3. The number of aryl methyl sites for hydroxylation is 1. The number of methoxy groups -OCH3 is 1. The predicted molar refractivity (Wildman–Crippen MR) is 181 cm³/mol. The molecule has 2 aromatic heterocycles. The lowest BCUT2D eigenvalue weighted by Gasteiger charge is -2.21. The van der Waals surface area contributed by atoms with Gasteiger partial charge in [-0.2, -0.15) is 5.26 Å². The van der Waals surface area contributed by atoms with Gasteiger partial charge in [0, 0.05) is 41.4 Å². The van der Waals surface area contributed by atoms with Gasteiger partial charge in [-0.25, -0.2) is 9.78 Å². The van der Waals surface area contributed by atoms with Gasteiger partial charge in [0.25, 0.3) is 5.91 Å². The van der Waals surface area contributed by atoms with Crippen LogP contribution in [0.5, 0.6) is 5.75 Å². The van der Waals surface area contributed by atoms with Crippen molar-refractivity contribution in [1.29, 1.82) is 5.26 Å². The van der Waals surface area contributed by atoms with E-state index in [1.54, 1.807) is 89.2 Å².